The molecule has 0 bridgehead atoms. The van der Waals surface area contributed by atoms with Crippen molar-refractivity contribution < 1.29 is 43.9 Å². The topological polar surface area (TPSA) is 60.4 Å². The Kier molecular flexibility index (Phi) is 11.4. The number of hydrogen-bond donors (Lipinski definition) is 1. The van der Waals surface area contributed by atoms with Crippen molar-refractivity contribution in [2.24, 2.45) is 0 Å². The first-order chi connectivity index (χ1) is 5.06. The molecule has 0 aliphatic heterocycles. The summed E-state index contributed by atoms with van der Waals surface area (Å²) in [5, 5.41) is 0. The average Bonchev–Trinajstić information content (AvgIpc) is 1.85. The molecule has 0 aromatic heterocycles. The van der Waals surface area contributed by atoms with Crippen molar-refractivity contribution >= 4 is 7.60 Å². The van der Waals surface area contributed by atoms with Gasteiger partial charge in [-0.3, -0.25) is 0 Å². The van der Waals surface area contributed by atoms with Crippen molar-refractivity contribution in [3.05, 3.63) is 0 Å². The maximum absolute atomic E-state index is 10.2. The van der Waals surface area contributed by atoms with E-state index in [-0.39, 0.29) is 35.7 Å². The molecule has 0 radical (unpaired) electrons. The summed E-state index contributed by atoms with van der Waals surface area (Å²) in [5.74, 6) is 0. The fourth-order valence-electron chi connectivity index (χ4n) is 0.915. The molecule has 0 fully saturated rings. The number of rotatable bonds is 6. The molecule has 1 N–H and O–H groups in total. The summed E-state index contributed by atoms with van der Waals surface area (Å²) in [6, 6.07) is 0. The fourth-order valence-corrected chi connectivity index (χ4v) is 1.54. The van der Waals surface area contributed by atoms with E-state index in [1.54, 1.807) is 0 Å². The monoisotopic (exact) mass is 202 g/mol. The van der Waals surface area contributed by atoms with Gasteiger partial charge >= 0.3 is 29.6 Å². The smallest absolute Gasteiger partial charge is 0.779 e. The molecule has 68 valence electrons. The van der Waals surface area contributed by atoms with Crippen molar-refractivity contribution in [1.29, 1.82) is 0 Å². The Morgan fingerprint density at radius 3 is 2.17 bits per heavy atom. The molecule has 1 atom stereocenters. The second-order valence-electron chi connectivity index (χ2n) is 2.78. The van der Waals surface area contributed by atoms with Crippen LogP contribution in [0.4, 0.5) is 0 Å². The van der Waals surface area contributed by atoms with Crippen LogP contribution in [0.1, 0.15) is 39.0 Å². The van der Waals surface area contributed by atoms with Crippen LogP contribution in [0, 0.1) is 0 Å². The summed E-state index contributed by atoms with van der Waals surface area (Å²) in [6.07, 6.45) is 4.80. The van der Waals surface area contributed by atoms with Crippen molar-refractivity contribution in [3.8, 4) is 0 Å². The minimum absolute atomic E-state index is 0. The van der Waals surface area contributed by atoms with Gasteiger partial charge in [-0.15, -0.1) is 0 Å². The molecule has 0 saturated carbocycles. The molecule has 0 aliphatic rings. The van der Waals surface area contributed by atoms with Gasteiger partial charge in [-0.25, -0.2) is 0 Å². The SMILES string of the molecule is CCCCCCCP(=O)([O-])O.[Na+]. The summed E-state index contributed by atoms with van der Waals surface area (Å²) >= 11 is 0. The Labute approximate surface area is 96.4 Å². The van der Waals surface area contributed by atoms with Gasteiger partial charge in [0.25, 0.3) is 0 Å². The first kappa shape index (κ1) is 15.6. The van der Waals surface area contributed by atoms with Gasteiger partial charge in [0, 0.05) is 6.16 Å². The molecule has 0 aromatic carbocycles. The van der Waals surface area contributed by atoms with Crippen LogP contribution in [0.25, 0.3) is 0 Å². The Morgan fingerprint density at radius 2 is 1.75 bits per heavy atom. The Bertz CT molecular complexity index is 135. The quantitative estimate of drug-likeness (QED) is 0.324. The summed E-state index contributed by atoms with van der Waals surface area (Å²) in [7, 11) is -3.96. The molecule has 1 unspecified atom stereocenters. The third-order valence-corrected chi connectivity index (χ3v) is 2.43. The van der Waals surface area contributed by atoms with Gasteiger partial charge in [-0.05, 0) is 6.42 Å². The van der Waals surface area contributed by atoms with Crippen LogP contribution in [-0.2, 0) is 4.57 Å². The van der Waals surface area contributed by atoms with E-state index in [0.29, 0.717) is 6.42 Å². The largest absolute Gasteiger partial charge is 1.00 e. The summed E-state index contributed by atoms with van der Waals surface area (Å²) in [6.45, 7) is 2.10. The first-order valence-corrected chi connectivity index (χ1v) is 5.85. The molecule has 0 saturated heterocycles. The van der Waals surface area contributed by atoms with Crippen LogP contribution in [0.3, 0.4) is 0 Å². The summed E-state index contributed by atoms with van der Waals surface area (Å²) in [5.41, 5.74) is 0. The van der Waals surface area contributed by atoms with Crippen LogP contribution in [0.2, 0.25) is 0 Å². The zero-order chi connectivity index (χ0) is 8.74. The first-order valence-electron chi connectivity index (χ1n) is 4.09. The van der Waals surface area contributed by atoms with E-state index in [2.05, 4.69) is 6.92 Å². The summed E-state index contributed by atoms with van der Waals surface area (Å²) in [4.78, 5) is 18.6. The third kappa shape index (κ3) is 13.7. The zero-order valence-electron chi connectivity index (χ0n) is 7.95. The van der Waals surface area contributed by atoms with Gasteiger partial charge in [0.2, 0.25) is 0 Å². The minimum atomic E-state index is -3.96. The van der Waals surface area contributed by atoms with Crippen LogP contribution < -0.4 is 34.5 Å². The van der Waals surface area contributed by atoms with Gasteiger partial charge in [-0.1, -0.05) is 32.6 Å². The molecule has 12 heavy (non-hydrogen) atoms. The Hall–Kier alpha value is 1.15. The normalized spacial score (nSPS) is 14.9. The van der Waals surface area contributed by atoms with Crippen LogP contribution in [0.5, 0.6) is 0 Å². The van der Waals surface area contributed by atoms with Crippen molar-refractivity contribution in [1.82, 2.24) is 0 Å². The molecule has 3 nitrogen and oxygen atoms in total. The van der Waals surface area contributed by atoms with Crippen molar-refractivity contribution in [2.45, 2.75) is 39.0 Å². The van der Waals surface area contributed by atoms with Crippen LogP contribution >= 0.6 is 7.60 Å². The van der Waals surface area contributed by atoms with E-state index in [0.717, 1.165) is 25.7 Å². The maximum Gasteiger partial charge on any atom is 1.00 e. The van der Waals surface area contributed by atoms with Gasteiger partial charge in [0.15, 0.2) is 0 Å². The Morgan fingerprint density at radius 1 is 1.25 bits per heavy atom. The van der Waals surface area contributed by atoms with E-state index in [1.807, 2.05) is 0 Å². The minimum Gasteiger partial charge on any atom is -0.779 e. The third-order valence-electron chi connectivity index (χ3n) is 1.54. The zero-order valence-corrected chi connectivity index (χ0v) is 10.8. The molecule has 0 amide bonds. The predicted octanol–water partition coefficient (Wildman–Crippen LogP) is -1.49. The predicted molar refractivity (Wildman–Crippen MR) is 43.5 cm³/mol. The van der Waals surface area contributed by atoms with Gasteiger partial charge in [0.05, 0.1) is 0 Å². The van der Waals surface area contributed by atoms with E-state index in [1.165, 1.54) is 0 Å². The average molecular weight is 202 g/mol. The molecule has 0 aliphatic carbocycles. The van der Waals surface area contributed by atoms with Crippen molar-refractivity contribution in [3.63, 3.8) is 0 Å². The number of hydrogen-bond acceptors (Lipinski definition) is 2. The Balaban J connectivity index is 0. The molecular formula is C7H16NaO3P. The molecular weight excluding hydrogens is 186 g/mol. The van der Waals surface area contributed by atoms with Gasteiger partial charge < -0.3 is 14.4 Å². The number of unbranched alkanes of at least 4 members (excludes halogenated alkanes) is 4. The standard InChI is InChI=1S/C7H17O3P.Na/c1-2-3-4-5-6-7-11(8,9)10;/h2-7H2,1H3,(H2,8,9,10);/q;+1/p-1. The maximum atomic E-state index is 10.2. The second kappa shape index (κ2) is 8.74. The molecule has 0 rings (SSSR count). The van der Waals surface area contributed by atoms with E-state index < -0.39 is 7.60 Å². The van der Waals surface area contributed by atoms with Crippen LogP contribution in [-0.4, -0.2) is 11.1 Å². The van der Waals surface area contributed by atoms with Gasteiger partial charge in [0.1, 0.15) is 7.60 Å². The molecule has 0 spiro atoms. The molecule has 0 aromatic rings. The summed E-state index contributed by atoms with van der Waals surface area (Å²) < 4.78 is 10.2. The van der Waals surface area contributed by atoms with E-state index >= 15 is 0 Å². The molecule has 0 heterocycles. The van der Waals surface area contributed by atoms with E-state index in [9.17, 15) is 9.46 Å². The van der Waals surface area contributed by atoms with Crippen LogP contribution in [0.15, 0.2) is 0 Å². The van der Waals surface area contributed by atoms with E-state index in [4.69, 9.17) is 4.89 Å². The van der Waals surface area contributed by atoms with Crippen molar-refractivity contribution in [2.75, 3.05) is 6.16 Å². The second-order valence-corrected chi connectivity index (χ2v) is 4.50. The fraction of sp³-hybridized carbons (Fsp3) is 1.00. The van der Waals surface area contributed by atoms with Gasteiger partial charge in [-0.2, -0.15) is 0 Å². The molecule has 5 heteroatoms.